The fourth-order valence-corrected chi connectivity index (χ4v) is 2.33. The van der Waals surface area contributed by atoms with Gasteiger partial charge in [-0.05, 0) is 30.7 Å². The SMILES string of the molecule is CC(NC(=O)Nc1ccc(N(C)C)cc1C(F)(F)F)c1ccccc1. The normalized spacial score (nSPS) is 12.4. The van der Waals surface area contributed by atoms with Crippen molar-refractivity contribution in [1.82, 2.24) is 5.32 Å². The van der Waals surface area contributed by atoms with E-state index in [1.807, 2.05) is 30.3 Å². The third-order valence-electron chi connectivity index (χ3n) is 3.72. The van der Waals surface area contributed by atoms with E-state index in [1.54, 1.807) is 25.9 Å². The zero-order valence-electron chi connectivity index (χ0n) is 14.2. The molecular formula is C18H20F3N3O. The van der Waals surface area contributed by atoms with Gasteiger partial charge in [-0.25, -0.2) is 4.79 Å². The zero-order chi connectivity index (χ0) is 18.6. The first-order valence-corrected chi connectivity index (χ1v) is 7.69. The van der Waals surface area contributed by atoms with Crippen molar-refractivity contribution in [2.75, 3.05) is 24.3 Å². The van der Waals surface area contributed by atoms with Crippen LogP contribution in [0.4, 0.5) is 29.3 Å². The van der Waals surface area contributed by atoms with E-state index in [9.17, 15) is 18.0 Å². The summed E-state index contributed by atoms with van der Waals surface area (Å²) in [7, 11) is 3.30. The van der Waals surface area contributed by atoms with Gasteiger partial charge in [-0.15, -0.1) is 0 Å². The summed E-state index contributed by atoms with van der Waals surface area (Å²) >= 11 is 0. The topological polar surface area (TPSA) is 44.4 Å². The Morgan fingerprint density at radius 2 is 1.72 bits per heavy atom. The summed E-state index contributed by atoms with van der Waals surface area (Å²) in [6.07, 6.45) is -4.57. The van der Waals surface area contributed by atoms with Crippen LogP contribution in [0.1, 0.15) is 24.1 Å². The van der Waals surface area contributed by atoms with Crippen molar-refractivity contribution in [2.24, 2.45) is 0 Å². The van der Waals surface area contributed by atoms with Crippen molar-refractivity contribution in [1.29, 1.82) is 0 Å². The van der Waals surface area contributed by atoms with Gasteiger partial charge in [0.2, 0.25) is 0 Å². The van der Waals surface area contributed by atoms with Crippen molar-refractivity contribution in [3.05, 3.63) is 59.7 Å². The molecule has 2 aromatic rings. The molecule has 0 fully saturated rings. The summed E-state index contributed by atoms with van der Waals surface area (Å²) in [5.41, 5.74) is 0.0877. The van der Waals surface area contributed by atoms with Gasteiger partial charge >= 0.3 is 12.2 Å². The van der Waals surface area contributed by atoms with Crippen LogP contribution in [0.2, 0.25) is 0 Å². The van der Waals surface area contributed by atoms with E-state index in [0.29, 0.717) is 5.69 Å². The molecule has 1 unspecified atom stereocenters. The maximum atomic E-state index is 13.3. The molecule has 2 rings (SSSR count). The Balaban J connectivity index is 2.17. The van der Waals surface area contributed by atoms with Crippen LogP contribution in [0.15, 0.2) is 48.5 Å². The van der Waals surface area contributed by atoms with Gasteiger partial charge in [0.25, 0.3) is 0 Å². The number of carbonyl (C=O) groups is 1. The lowest BCUT2D eigenvalue weighted by Gasteiger charge is -2.20. The van der Waals surface area contributed by atoms with E-state index in [4.69, 9.17) is 0 Å². The molecule has 0 aliphatic heterocycles. The van der Waals surface area contributed by atoms with Crippen LogP contribution in [0.5, 0.6) is 0 Å². The minimum atomic E-state index is -4.57. The number of alkyl halides is 3. The molecule has 0 aliphatic carbocycles. The number of urea groups is 1. The van der Waals surface area contributed by atoms with Gasteiger partial charge in [-0.1, -0.05) is 30.3 Å². The number of hydrogen-bond donors (Lipinski definition) is 2. The highest BCUT2D eigenvalue weighted by molar-refractivity contribution is 5.90. The average molecular weight is 351 g/mol. The lowest BCUT2D eigenvalue weighted by molar-refractivity contribution is -0.136. The third-order valence-corrected chi connectivity index (χ3v) is 3.72. The van der Waals surface area contributed by atoms with Crippen molar-refractivity contribution in [3.8, 4) is 0 Å². The Morgan fingerprint density at radius 1 is 1.08 bits per heavy atom. The molecule has 2 amide bonds. The van der Waals surface area contributed by atoms with E-state index in [0.717, 1.165) is 11.6 Å². The Bertz CT molecular complexity index is 730. The van der Waals surface area contributed by atoms with Gasteiger partial charge in [0.05, 0.1) is 17.3 Å². The molecule has 1 atom stereocenters. The molecule has 134 valence electrons. The number of benzene rings is 2. The van der Waals surface area contributed by atoms with E-state index in [2.05, 4.69) is 10.6 Å². The molecule has 0 saturated heterocycles. The molecule has 0 radical (unpaired) electrons. The summed E-state index contributed by atoms with van der Waals surface area (Å²) < 4.78 is 39.8. The van der Waals surface area contributed by atoms with Crippen LogP contribution >= 0.6 is 0 Å². The second-order valence-electron chi connectivity index (χ2n) is 5.85. The molecule has 0 bridgehead atoms. The highest BCUT2D eigenvalue weighted by Gasteiger charge is 2.34. The molecule has 7 heteroatoms. The van der Waals surface area contributed by atoms with Crippen LogP contribution in [0.25, 0.3) is 0 Å². The number of carbonyl (C=O) groups excluding carboxylic acids is 1. The molecule has 0 aliphatic rings. The van der Waals surface area contributed by atoms with E-state index < -0.39 is 17.8 Å². The fraction of sp³-hybridized carbons (Fsp3) is 0.278. The summed E-state index contributed by atoms with van der Waals surface area (Å²) in [5, 5.41) is 4.93. The van der Waals surface area contributed by atoms with Crippen molar-refractivity contribution < 1.29 is 18.0 Å². The van der Waals surface area contributed by atoms with Crippen LogP contribution in [-0.4, -0.2) is 20.1 Å². The lowest BCUT2D eigenvalue weighted by Crippen LogP contribution is -2.32. The molecule has 0 saturated carbocycles. The number of halogens is 3. The van der Waals surface area contributed by atoms with E-state index in [1.165, 1.54) is 12.1 Å². The smallest absolute Gasteiger partial charge is 0.378 e. The van der Waals surface area contributed by atoms with E-state index >= 15 is 0 Å². The maximum Gasteiger partial charge on any atom is 0.418 e. The van der Waals surface area contributed by atoms with Gasteiger partial charge < -0.3 is 15.5 Å². The molecule has 2 aromatic carbocycles. The van der Waals surface area contributed by atoms with Crippen LogP contribution in [-0.2, 0) is 6.18 Å². The van der Waals surface area contributed by atoms with E-state index in [-0.39, 0.29) is 11.7 Å². The van der Waals surface area contributed by atoms with Gasteiger partial charge in [0.1, 0.15) is 0 Å². The standard InChI is InChI=1S/C18H20F3N3O/c1-12(13-7-5-4-6-8-13)22-17(25)23-16-10-9-14(24(2)3)11-15(16)18(19,20)21/h4-12H,1-3H3,(H2,22,23,25). The number of anilines is 2. The van der Waals surface area contributed by atoms with Crippen LogP contribution in [0.3, 0.4) is 0 Å². The molecule has 0 heterocycles. The van der Waals surface area contributed by atoms with Crippen LogP contribution < -0.4 is 15.5 Å². The van der Waals surface area contributed by atoms with Crippen molar-refractivity contribution in [2.45, 2.75) is 19.1 Å². The van der Waals surface area contributed by atoms with Gasteiger partial charge in [0.15, 0.2) is 0 Å². The summed E-state index contributed by atoms with van der Waals surface area (Å²) in [4.78, 5) is 13.7. The predicted molar refractivity (Wildman–Crippen MR) is 92.8 cm³/mol. The monoisotopic (exact) mass is 351 g/mol. The number of nitrogens with zero attached hydrogens (tertiary/aromatic N) is 1. The molecule has 0 aromatic heterocycles. The Morgan fingerprint density at radius 3 is 2.28 bits per heavy atom. The van der Waals surface area contributed by atoms with Crippen molar-refractivity contribution >= 4 is 17.4 Å². The highest BCUT2D eigenvalue weighted by Crippen LogP contribution is 2.37. The first-order valence-electron chi connectivity index (χ1n) is 7.69. The minimum Gasteiger partial charge on any atom is -0.378 e. The molecule has 4 nitrogen and oxygen atoms in total. The number of amides is 2. The quantitative estimate of drug-likeness (QED) is 0.842. The zero-order valence-corrected chi connectivity index (χ0v) is 14.2. The lowest BCUT2D eigenvalue weighted by atomic mass is 10.1. The predicted octanol–water partition coefficient (Wildman–Crippen LogP) is 4.65. The average Bonchev–Trinajstić information content (AvgIpc) is 2.54. The largest absolute Gasteiger partial charge is 0.418 e. The Labute approximate surface area is 144 Å². The second-order valence-corrected chi connectivity index (χ2v) is 5.85. The second kappa shape index (κ2) is 7.46. The first-order chi connectivity index (χ1) is 11.7. The Kier molecular flexibility index (Phi) is 5.56. The van der Waals surface area contributed by atoms with Gasteiger partial charge in [-0.2, -0.15) is 13.2 Å². The first kappa shape index (κ1) is 18.6. The maximum absolute atomic E-state index is 13.3. The summed E-state index contributed by atoms with van der Waals surface area (Å²) in [6, 6.07) is 11.9. The summed E-state index contributed by atoms with van der Waals surface area (Å²) in [6.45, 7) is 1.76. The number of nitrogens with one attached hydrogen (secondary N) is 2. The summed E-state index contributed by atoms with van der Waals surface area (Å²) in [5.74, 6) is 0. The molecular weight excluding hydrogens is 331 g/mol. The number of hydrogen-bond acceptors (Lipinski definition) is 2. The van der Waals surface area contributed by atoms with Crippen LogP contribution in [0, 0.1) is 0 Å². The highest BCUT2D eigenvalue weighted by atomic mass is 19.4. The fourth-order valence-electron chi connectivity index (χ4n) is 2.33. The molecule has 25 heavy (non-hydrogen) atoms. The Hall–Kier alpha value is -2.70. The number of rotatable bonds is 4. The van der Waals surface area contributed by atoms with Crippen molar-refractivity contribution in [3.63, 3.8) is 0 Å². The molecule has 0 spiro atoms. The molecule has 2 N–H and O–H groups in total. The third kappa shape index (κ3) is 4.89. The van der Waals surface area contributed by atoms with Gasteiger partial charge in [-0.3, -0.25) is 0 Å². The minimum absolute atomic E-state index is 0.282. The van der Waals surface area contributed by atoms with Gasteiger partial charge in [0, 0.05) is 19.8 Å².